The van der Waals surface area contributed by atoms with Gasteiger partial charge in [0.05, 0.1) is 11.5 Å². The van der Waals surface area contributed by atoms with Crippen LogP contribution in [0, 0.1) is 0 Å². The molecule has 1 saturated heterocycles. The molecule has 0 N–H and O–H groups in total. The quantitative estimate of drug-likeness (QED) is 0.762. The molecule has 0 saturated carbocycles. The van der Waals surface area contributed by atoms with E-state index in [2.05, 4.69) is 4.90 Å². The molecule has 0 radical (unpaired) electrons. The van der Waals surface area contributed by atoms with Gasteiger partial charge in [-0.05, 0) is 12.1 Å². The summed E-state index contributed by atoms with van der Waals surface area (Å²) in [5.41, 5.74) is 0.985. The average Bonchev–Trinajstić information content (AvgIpc) is 2.37. The first-order valence-corrected chi connectivity index (χ1v) is 7.60. The molecule has 18 heavy (non-hydrogen) atoms. The van der Waals surface area contributed by atoms with E-state index in [1.807, 2.05) is 24.3 Å². The number of ether oxygens (including phenoxy) is 2. The van der Waals surface area contributed by atoms with E-state index in [1.165, 1.54) is 0 Å². The van der Waals surface area contributed by atoms with Crippen LogP contribution in [0.4, 0.5) is 5.69 Å². The van der Waals surface area contributed by atoms with Gasteiger partial charge in [0.1, 0.15) is 5.75 Å². The minimum Gasteiger partial charge on any atom is -0.467 e. The van der Waals surface area contributed by atoms with Gasteiger partial charge in [-0.2, -0.15) is 0 Å². The molecule has 5 nitrogen and oxygen atoms in total. The van der Waals surface area contributed by atoms with Gasteiger partial charge >= 0.3 is 0 Å². The Hall–Kier alpha value is -1.27. The maximum absolute atomic E-state index is 11.4. The van der Waals surface area contributed by atoms with E-state index in [-0.39, 0.29) is 18.3 Å². The van der Waals surface area contributed by atoms with Crippen LogP contribution in [0.15, 0.2) is 24.3 Å². The Morgan fingerprint density at radius 2 is 2.00 bits per heavy atom. The van der Waals surface area contributed by atoms with E-state index in [0.717, 1.165) is 11.4 Å². The molecule has 1 aromatic carbocycles. The fourth-order valence-corrected chi connectivity index (χ4v) is 3.07. The average molecular weight is 271 g/mol. The molecule has 1 fully saturated rings. The third-order valence-corrected chi connectivity index (χ3v) is 4.48. The lowest BCUT2D eigenvalue weighted by Gasteiger charge is -2.28. The second kappa shape index (κ2) is 5.58. The van der Waals surface area contributed by atoms with E-state index in [0.29, 0.717) is 13.1 Å². The molecule has 100 valence electrons. The van der Waals surface area contributed by atoms with Gasteiger partial charge in [0.15, 0.2) is 16.6 Å². The minimum atomic E-state index is -2.84. The van der Waals surface area contributed by atoms with Crippen LogP contribution in [-0.2, 0) is 14.6 Å². The summed E-state index contributed by atoms with van der Waals surface area (Å²) in [5.74, 6) is 1.16. The van der Waals surface area contributed by atoms with E-state index < -0.39 is 9.84 Å². The highest BCUT2D eigenvalue weighted by atomic mass is 32.2. The summed E-state index contributed by atoms with van der Waals surface area (Å²) in [4.78, 5) is 2.06. The summed E-state index contributed by atoms with van der Waals surface area (Å²) < 4.78 is 32.9. The number of nitrogens with zero attached hydrogens (tertiary/aromatic N) is 1. The van der Waals surface area contributed by atoms with Crippen LogP contribution in [0.1, 0.15) is 0 Å². The van der Waals surface area contributed by atoms with E-state index in [4.69, 9.17) is 9.47 Å². The lowest BCUT2D eigenvalue weighted by Crippen LogP contribution is -2.40. The first kappa shape index (κ1) is 13.2. The molecular formula is C12H17NO4S. The molecule has 2 rings (SSSR count). The van der Waals surface area contributed by atoms with E-state index >= 15 is 0 Å². The summed E-state index contributed by atoms with van der Waals surface area (Å²) in [5, 5.41) is 0. The summed E-state index contributed by atoms with van der Waals surface area (Å²) in [6, 6.07) is 7.60. The topological polar surface area (TPSA) is 55.8 Å². The van der Waals surface area contributed by atoms with Crippen molar-refractivity contribution in [3.05, 3.63) is 24.3 Å². The number of methoxy groups -OCH3 is 1. The number of rotatable bonds is 4. The van der Waals surface area contributed by atoms with Crippen LogP contribution in [0.25, 0.3) is 0 Å². The number of hydrogen-bond donors (Lipinski definition) is 0. The number of anilines is 1. The Balaban J connectivity index is 2.05. The van der Waals surface area contributed by atoms with Gasteiger partial charge in [-0.15, -0.1) is 0 Å². The molecule has 0 bridgehead atoms. The molecule has 6 heteroatoms. The lowest BCUT2D eigenvalue weighted by atomic mass is 10.2. The van der Waals surface area contributed by atoms with Crippen molar-refractivity contribution in [1.82, 2.24) is 0 Å². The van der Waals surface area contributed by atoms with Gasteiger partial charge < -0.3 is 14.4 Å². The molecule has 0 aliphatic carbocycles. The standard InChI is InChI=1S/C12H17NO4S/c1-16-10-17-12-4-2-3-11(9-12)13-5-7-18(14,15)8-6-13/h2-4,9H,5-8,10H2,1H3. The predicted octanol–water partition coefficient (Wildman–Crippen LogP) is 0.904. The van der Waals surface area contributed by atoms with Gasteiger partial charge in [0.2, 0.25) is 0 Å². The van der Waals surface area contributed by atoms with E-state index in [9.17, 15) is 8.42 Å². The lowest BCUT2D eigenvalue weighted by molar-refractivity contribution is 0.0511. The highest BCUT2D eigenvalue weighted by Gasteiger charge is 2.21. The van der Waals surface area contributed by atoms with Crippen molar-refractivity contribution in [2.75, 3.05) is 43.4 Å². The maximum atomic E-state index is 11.4. The Bertz CT molecular complexity index is 487. The number of hydrogen-bond acceptors (Lipinski definition) is 5. The van der Waals surface area contributed by atoms with Gasteiger partial charge in [0, 0.05) is 32.0 Å². The third-order valence-electron chi connectivity index (χ3n) is 2.87. The largest absolute Gasteiger partial charge is 0.467 e. The van der Waals surface area contributed by atoms with Crippen LogP contribution in [0.2, 0.25) is 0 Å². The molecule has 0 amide bonds. The SMILES string of the molecule is COCOc1cccc(N2CCS(=O)(=O)CC2)c1. The minimum absolute atomic E-state index is 0.206. The Morgan fingerprint density at radius 1 is 1.28 bits per heavy atom. The smallest absolute Gasteiger partial charge is 0.188 e. The molecule has 1 aliphatic rings. The monoisotopic (exact) mass is 271 g/mol. The highest BCUT2D eigenvalue weighted by Crippen LogP contribution is 2.22. The molecule has 0 atom stereocenters. The fraction of sp³-hybridized carbons (Fsp3) is 0.500. The maximum Gasteiger partial charge on any atom is 0.188 e. The summed E-state index contributed by atoms with van der Waals surface area (Å²) in [7, 11) is -1.27. The summed E-state index contributed by atoms with van der Waals surface area (Å²) >= 11 is 0. The highest BCUT2D eigenvalue weighted by molar-refractivity contribution is 7.91. The first-order chi connectivity index (χ1) is 8.61. The van der Waals surface area contributed by atoms with Crippen molar-refractivity contribution in [2.45, 2.75) is 0 Å². The molecule has 0 aromatic heterocycles. The predicted molar refractivity (Wildman–Crippen MR) is 69.8 cm³/mol. The zero-order valence-corrected chi connectivity index (χ0v) is 11.1. The molecule has 1 heterocycles. The van der Waals surface area contributed by atoms with Gasteiger partial charge in [-0.1, -0.05) is 6.07 Å². The van der Waals surface area contributed by atoms with Crippen LogP contribution in [-0.4, -0.2) is 46.9 Å². The zero-order chi connectivity index (χ0) is 13.0. The van der Waals surface area contributed by atoms with Gasteiger partial charge in [-0.3, -0.25) is 0 Å². The molecular weight excluding hydrogens is 254 g/mol. The van der Waals surface area contributed by atoms with Crippen molar-refractivity contribution >= 4 is 15.5 Å². The number of benzene rings is 1. The van der Waals surface area contributed by atoms with Crippen LogP contribution in [0.5, 0.6) is 5.75 Å². The zero-order valence-electron chi connectivity index (χ0n) is 10.3. The second-order valence-corrected chi connectivity index (χ2v) is 6.49. The molecule has 1 aromatic rings. The Morgan fingerprint density at radius 3 is 2.67 bits per heavy atom. The van der Waals surface area contributed by atoms with Crippen molar-refractivity contribution < 1.29 is 17.9 Å². The van der Waals surface area contributed by atoms with Crippen LogP contribution < -0.4 is 9.64 Å². The molecule has 0 spiro atoms. The van der Waals surface area contributed by atoms with Gasteiger partial charge in [0.25, 0.3) is 0 Å². The molecule has 1 aliphatic heterocycles. The normalized spacial score (nSPS) is 18.6. The van der Waals surface area contributed by atoms with Crippen molar-refractivity contribution in [3.63, 3.8) is 0 Å². The van der Waals surface area contributed by atoms with Crippen LogP contribution in [0.3, 0.4) is 0 Å². The first-order valence-electron chi connectivity index (χ1n) is 5.78. The molecule has 0 unspecified atom stereocenters. The fourth-order valence-electron chi connectivity index (χ4n) is 1.87. The van der Waals surface area contributed by atoms with Crippen molar-refractivity contribution in [1.29, 1.82) is 0 Å². The Labute approximate surface area is 107 Å². The second-order valence-electron chi connectivity index (χ2n) is 4.19. The van der Waals surface area contributed by atoms with Crippen molar-refractivity contribution in [3.8, 4) is 5.75 Å². The van der Waals surface area contributed by atoms with E-state index in [1.54, 1.807) is 7.11 Å². The van der Waals surface area contributed by atoms with Crippen LogP contribution >= 0.6 is 0 Å². The number of sulfone groups is 1. The third kappa shape index (κ3) is 3.36. The summed E-state index contributed by atoms with van der Waals surface area (Å²) in [6.07, 6.45) is 0. The Kier molecular flexibility index (Phi) is 4.08. The summed E-state index contributed by atoms with van der Waals surface area (Å²) in [6.45, 7) is 1.28. The van der Waals surface area contributed by atoms with Crippen molar-refractivity contribution in [2.24, 2.45) is 0 Å². The van der Waals surface area contributed by atoms with Gasteiger partial charge in [-0.25, -0.2) is 8.42 Å².